The van der Waals surface area contributed by atoms with Gasteiger partial charge in [0.05, 0.1) is 28.0 Å². The Bertz CT molecular complexity index is 1130. The topological polar surface area (TPSA) is 84.3 Å². The third-order valence-electron chi connectivity index (χ3n) is 4.88. The summed E-state index contributed by atoms with van der Waals surface area (Å²) in [5.41, 5.74) is 4.25. The number of hydrogen-bond donors (Lipinski definition) is 1. The lowest BCUT2D eigenvalue weighted by Gasteiger charge is -2.12. The van der Waals surface area contributed by atoms with Crippen molar-refractivity contribution in [1.29, 1.82) is 0 Å². The van der Waals surface area contributed by atoms with E-state index in [1.807, 2.05) is 38.1 Å². The summed E-state index contributed by atoms with van der Waals surface area (Å²) >= 11 is 0. The number of sulfonamides is 1. The van der Waals surface area contributed by atoms with Gasteiger partial charge in [0.25, 0.3) is 5.91 Å². The predicted molar refractivity (Wildman–Crippen MR) is 116 cm³/mol. The average molecular weight is 427 g/mol. The Morgan fingerprint density at radius 2 is 1.70 bits per heavy atom. The number of carbonyl (C=O) groups is 1. The van der Waals surface area contributed by atoms with E-state index in [1.54, 1.807) is 35.1 Å². The highest BCUT2D eigenvalue weighted by molar-refractivity contribution is 7.89. The molecule has 1 N–H and O–H groups in total. The summed E-state index contributed by atoms with van der Waals surface area (Å²) in [6.07, 6.45) is 2.24. The number of benzene rings is 2. The summed E-state index contributed by atoms with van der Waals surface area (Å²) < 4.78 is 27.3. The molecule has 0 saturated heterocycles. The fourth-order valence-corrected chi connectivity index (χ4v) is 3.98. The Hall–Kier alpha value is -2.97. The smallest absolute Gasteiger partial charge is 0.255 e. The molecule has 7 nitrogen and oxygen atoms in total. The van der Waals surface area contributed by atoms with Crippen LogP contribution in [0.25, 0.3) is 5.69 Å². The Balaban J connectivity index is 1.73. The van der Waals surface area contributed by atoms with Gasteiger partial charge in [0.1, 0.15) is 0 Å². The first-order valence-electron chi connectivity index (χ1n) is 9.67. The molecule has 0 fully saturated rings. The summed E-state index contributed by atoms with van der Waals surface area (Å²) in [4.78, 5) is 13.0. The van der Waals surface area contributed by atoms with E-state index >= 15 is 0 Å². The highest BCUT2D eigenvalue weighted by Gasteiger charge is 2.18. The number of rotatable bonds is 7. The minimum atomic E-state index is -3.47. The van der Waals surface area contributed by atoms with E-state index in [4.69, 9.17) is 0 Å². The maximum atomic E-state index is 12.7. The van der Waals surface area contributed by atoms with Crippen molar-refractivity contribution in [2.45, 2.75) is 31.7 Å². The van der Waals surface area contributed by atoms with Crippen LogP contribution in [0.5, 0.6) is 0 Å². The lowest BCUT2D eigenvalue weighted by atomic mass is 10.1. The Kier molecular flexibility index (Phi) is 6.38. The third kappa shape index (κ3) is 4.44. The minimum Gasteiger partial charge on any atom is -0.348 e. The molecule has 8 heteroatoms. The van der Waals surface area contributed by atoms with Crippen molar-refractivity contribution in [3.8, 4) is 5.69 Å². The fourth-order valence-electron chi connectivity index (χ4n) is 3.08. The van der Waals surface area contributed by atoms with Crippen molar-refractivity contribution in [3.05, 3.63) is 77.1 Å². The second kappa shape index (κ2) is 8.81. The first-order chi connectivity index (χ1) is 14.2. The number of nitrogens with zero attached hydrogens (tertiary/aromatic N) is 3. The molecule has 158 valence electrons. The van der Waals surface area contributed by atoms with Gasteiger partial charge in [-0.05, 0) is 43.2 Å². The summed E-state index contributed by atoms with van der Waals surface area (Å²) in [6.45, 7) is 4.30. The maximum Gasteiger partial charge on any atom is 0.255 e. The van der Waals surface area contributed by atoms with Crippen molar-refractivity contribution in [1.82, 2.24) is 19.4 Å². The SMILES string of the molecule is CCc1c(C(=O)NCc2ccc(S(=O)(=O)N(C)C)cc2)cnn1-c1ccc(C)cc1. The van der Waals surface area contributed by atoms with E-state index in [0.29, 0.717) is 18.5 Å². The lowest BCUT2D eigenvalue weighted by molar-refractivity contribution is 0.0950. The average Bonchev–Trinajstić information content (AvgIpc) is 3.17. The molecule has 3 aromatic rings. The maximum absolute atomic E-state index is 12.7. The molecule has 1 heterocycles. The molecule has 0 aliphatic carbocycles. The molecule has 2 aromatic carbocycles. The number of nitrogens with one attached hydrogen (secondary N) is 1. The minimum absolute atomic E-state index is 0.213. The van der Waals surface area contributed by atoms with E-state index in [2.05, 4.69) is 10.4 Å². The van der Waals surface area contributed by atoms with E-state index in [9.17, 15) is 13.2 Å². The second-order valence-corrected chi connectivity index (χ2v) is 9.37. The van der Waals surface area contributed by atoms with E-state index in [1.165, 1.54) is 18.4 Å². The zero-order valence-electron chi connectivity index (χ0n) is 17.6. The van der Waals surface area contributed by atoms with E-state index < -0.39 is 10.0 Å². The van der Waals surface area contributed by atoms with Crippen LogP contribution in [0.2, 0.25) is 0 Å². The molecule has 0 atom stereocenters. The molecule has 3 rings (SSSR count). The molecule has 0 bridgehead atoms. The van der Waals surface area contributed by atoms with Gasteiger partial charge in [-0.2, -0.15) is 5.10 Å². The molecule has 0 aliphatic rings. The van der Waals surface area contributed by atoms with Crippen LogP contribution in [0.1, 0.15) is 34.1 Å². The standard InChI is InChI=1S/C22H26N4O3S/c1-5-21-20(15-24-26(21)18-10-6-16(2)7-11-18)22(27)23-14-17-8-12-19(13-9-17)30(28,29)25(3)4/h6-13,15H,5,14H2,1-4H3,(H,23,27). The molecule has 0 aliphatic heterocycles. The van der Waals surface area contributed by atoms with Gasteiger partial charge in [-0.25, -0.2) is 17.4 Å². The van der Waals surface area contributed by atoms with Gasteiger partial charge in [-0.3, -0.25) is 4.79 Å². The second-order valence-electron chi connectivity index (χ2n) is 7.22. The Morgan fingerprint density at radius 1 is 1.07 bits per heavy atom. The highest BCUT2D eigenvalue weighted by atomic mass is 32.2. The molecule has 30 heavy (non-hydrogen) atoms. The van der Waals surface area contributed by atoms with Crippen LogP contribution < -0.4 is 5.32 Å². The summed E-state index contributed by atoms with van der Waals surface area (Å²) in [5.74, 6) is -0.213. The van der Waals surface area contributed by atoms with Gasteiger partial charge in [-0.15, -0.1) is 0 Å². The van der Waals surface area contributed by atoms with E-state index in [0.717, 1.165) is 22.5 Å². The quantitative estimate of drug-likeness (QED) is 0.630. The van der Waals surface area contributed by atoms with Crippen molar-refractivity contribution in [2.24, 2.45) is 0 Å². The van der Waals surface area contributed by atoms with Crippen LogP contribution >= 0.6 is 0 Å². The highest BCUT2D eigenvalue weighted by Crippen LogP contribution is 2.17. The number of aryl methyl sites for hydroxylation is 1. The van der Waals surface area contributed by atoms with Crippen LogP contribution in [0.4, 0.5) is 0 Å². The van der Waals surface area contributed by atoms with Crippen molar-refractivity contribution < 1.29 is 13.2 Å². The molecule has 0 radical (unpaired) electrons. The number of hydrogen-bond acceptors (Lipinski definition) is 4. The van der Waals surface area contributed by atoms with Crippen molar-refractivity contribution in [3.63, 3.8) is 0 Å². The van der Waals surface area contributed by atoms with Gasteiger partial charge in [0, 0.05) is 20.6 Å². The fraction of sp³-hybridized carbons (Fsp3) is 0.273. The molecule has 1 amide bonds. The van der Waals surface area contributed by atoms with Gasteiger partial charge in [0.15, 0.2) is 0 Å². The van der Waals surface area contributed by atoms with Crippen LogP contribution in [-0.2, 0) is 23.0 Å². The zero-order chi connectivity index (χ0) is 21.9. The Morgan fingerprint density at radius 3 is 2.27 bits per heavy atom. The number of amides is 1. The molecule has 0 spiro atoms. The van der Waals surface area contributed by atoms with Crippen molar-refractivity contribution in [2.75, 3.05) is 14.1 Å². The first-order valence-corrected chi connectivity index (χ1v) is 11.1. The largest absolute Gasteiger partial charge is 0.348 e. The molecule has 1 aromatic heterocycles. The predicted octanol–water partition coefficient (Wildman–Crippen LogP) is 2.92. The summed E-state index contributed by atoms with van der Waals surface area (Å²) in [6, 6.07) is 14.5. The van der Waals surface area contributed by atoms with Crippen LogP contribution in [0.3, 0.4) is 0 Å². The zero-order valence-corrected chi connectivity index (χ0v) is 18.4. The van der Waals surface area contributed by atoms with Gasteiger partial charge < -0.3 is 5.32 Å². The Labute approximate surface area is 177 Å². The lowest BCUT2D eigenvalue weighted by Crippen LogP contribution is -2.24. The van der Waals surface area contributed by atoms with E-state index in [-0.39, 0.29) is 10.8 Å². The van der Waals surface area contributed by atoms with Crippen LogP contribution in [-0.4, -0.2) is 42.5 Å². The number of carbonyl (C=O) groups excluding carboxylic acids is 1. The monoisotopic (exact) mass is 426 g/mol. The van der Waals surface area contributed by atoms with Gasteiger partial charge in [-0.1, -0.05) is 36.8 Å². The first kappa shape index (κ1) is 21.7. The summed E-state index contributed by atoms with van der Waals surface area (Å²) in [7, 11) is -0.485. The summed E-state index contributed by atoms with van der Waals surface area (Å²) in [5, 5.41) is 7.30. The molecule has 0 saturated carbocycles. The third-order valence-corrected chi connectivity index (χ3v) is 6.71. The van der Waals surface area contributed by atoms with Crippen molar-refractivity contribution >= 4 is 15.9 Å². The number of aromatic nitrogens is 2. The molecule has 0 unspecified atom stereocenters. The van der Waals surface area contributed by atoms with Crippen LogP contribution in [0.15, 0.2) is 59.6 Å². The van der Waals surface area contributed by atoms with Crippen LogP contribution in [0, 0.1) is 6.92 Å². The normalized spacial score (nSPS) is 11.6. The molecular formula is C22H26N4O3S. The van der Waals surface area contributed by atoms with Gasteiger partial charge in [0.2, 0.25) is 10.0 Å². The van der Waals surface area contributed by atoms with Gasteiger partial charge >= 0.3 is 0 Å². The molecular weight excluding hydrogens is 400 g/mol.